The van der Waals surface area contributed by atoms with Gasteiger partial charge in [-0.1, -0.05) is 25.1 Å². The number of benzene rings is 1. The van der Waals surface area contributed by atoms with Crippen molar-refractivity contribution in [2.24, 2.45) is 0 Å². The Balaban J connectivity index is 1.69. The molecule has 22 heavy (non-hydrogen) atoms. The monoisotopic (exact) mass is 288 g/mol. The van der Waals surface area contributed by atoms with E-state index >= 15 is 0 Å². The van der Waals surface area contributed by atoms with Crippen LogP contribution in [0.3, 0.4) is 0 Å². The fourth-order valence-corrected chi connectivity index (χ4v) is 2.91. The summed E-state index contributed by atoms with van der Waals surface area (Å²) in [7, 11) is 0. The molecular formula is C19H16N2O. The molecular weight excluding hydrogens is 272 g/mol. The predicted molar refractivity (Wildman–Crippen MR) is 85.3 cm³/mol. The number of hydrogen-bond acceptors (Lipinski definition) is 3. The number of aromatic nitrogens is 2. The van der Waals surface area contributed by atoms with Crippen LogP contribution < -0.4 is 4.74 Å². The van der Waals surface area contributed by atoms with Gasteiger partial charge >= 0.3 is 0 Å². The van der Waals surface area contributed by atoms with Gasteiger partial charge in [-0.2, -0.15) is 0 Å². The summed E-state index contributed by atoms with van der Waals surface area (Å²) in [4.78, 5) is 8.38. The maximum atomic E-state index is 5.90. The fourth-order valence-electron chi connectivity index (χ4n) is 2.91. The molecule has 0 saturated carbocycles. The molecule has 0 amide bonds. The summed E-state index contributed by atoms with van der Waals surface area (Å²) in [5.74, 6) is 1.98. The van der Waals surface area contributed by atoms with Crippen LogP contribution in [0.1, 0.15) is 35.1 Å². The Kier molecular flexibility index (Phi) is 3.11. The van der Waals surface area contributed by atoms with Crippen molar-refractivity contribution in [1.29, 1.82) is 0 Å². The smallest absolute Gasteiger partial charge is 0.222 e. The molecule has 1 unspecified atom stereocenters. The minimum atomic E-state index is 0.337. The van der Waals surface area contributed by atoms with Crippen LogP contribution in [0.2, 0.25) is 0 Å². The molecule has 3 aromatic rings. The SMILES string of the molecule is CC(c1ccncc1)c1ccc2c(c1)Cc1cccnc1O2. The summed E-state index contributed by atoms with van der Waals surface area (Å²) in [6, 6.07) is 14.6. The van der Waals surface area contributed by atoms with Crippen molar-refractivity contribution in [2.75, 3.05) is 0 Å². The third-order valence-corrected chi connectivity index (χ3v) is 4.23. The number of ether oxygens (including phenoxy) is 1. The molecule has 0 spiro atoms. The second kappa shape index (κ2) is 5.26. The molecule has 0 N–H and O–H groups in total. The highest BCUT2D eigenvalue weighted by atomic mass is 16.5. The van der Waals surface area contributed by atoms with E-state index in [1.54, 1.807) is 6.20 Å². The van der Waals surface area contributed by atoms with Crippen LogP contribution in [0.25, 0.3) is 0 Å². The van der Waals surface area contributed by atoms with Crippen LogP contribution in [0.15, 0.2) is 61.1 Å². The lowest BCUT2D eigenvalue weighted by Gasteiger charge is -2.21. The first-order valence-electron chi connectivity index (χ1n) is 7.46. The highest BCUT2D eigenvalue weighted by Crippen LogP contribution is 2.37. The molecule has 0 aliphatic carbocycles. The predicted octanol–water partition coefficient (Wildman–Crippen LogP) is 4.32. The maximum Gasteiger partial charge on any atom is 0.222 e. The number of rotatable bonds is 2. The summed E-state index contributed by atoms with van der Waals surface area (Å²) in [5.41, 5.74) is 4.93. The fraction of sp³-hybridized carbons (Fsp3) is 0.158. The molecule has 3 heteroatoms. The molecule has 1 aliphatic heterocycles. The number of pyridine rings is 2. The highest BCUT2D eigenvalue weighted by Gasteiger charge is 2.19. The molecule has 3 nitrogen and oxygen atoms in total. The van der Waals surface area contributed by atoms with Crippen LogP contribution in [0.5, 0.6) is 11.6 Å². The number of hydrogen-bond donors (Lipinski definition) is 0. The molecule has 0 fully saturated rings. The molecule has 1 aromatic carbocycles. The normalized spacial score (nSPS) is 13.7. The molecule has 108 valence electrons. The Labute approximate surface area is 129 Å². The Morgan fingerprint density at radius 1 is 0.955 bits per heavy atom. The van der Waals surface area contributed by atoms with Gasteiger partial charge in [-0.3, -0.25) is 4.98 Å². The van der Waals surface area contributed by atoms with Gasteiger partial charge < -0.3 is 4.74 Å². The van der Waals surface area contributed by atoms with Crippen LogP contribution in [-0.2, 0) is 6.42 Å². The van der Waals surface area contributed by atoms with Gasteiger partial charge in [0, 0.05) is 36.5 Å². The van der Waals surface area contributed by atoms with Crippen molar-refractivity contribution >= 4 is 0 Å². The highest BCUT2D eigenvalue weighted by molar-refractivity contribution is 5.49. The van der Waals surface area contributed by atoms with Gasteiger partial charge in [0.15, 0.2) is 0 Å². The number of fused-ring (bicyclic) bond motifs is 2. The Morgan fingerprint density at radius 3 is 2.68 bits per heavy atom. The van der Waals surface area contributed by atoms with E-state index in [0.29, 0.717) is 5.92 Å². The third kappa shape index (κ3) is 2.25. The zero-order chi connectivity index (χ0) is 14.9. The van der Waals surface area contributed by atoms with Crippen molar-refractivity contribution in [3.63, 3.8) is 0 Å². The molecule has 0 radical (unpaired) electrons. The van der Waals surface area contributed by atoms with Crippen molar-refractivity contribution in [3.8, 4) is 11.6 Å². The van der Waals surface area contributed by atoms with E-state index in [4.69, 9.17) is 4.74 Å². The first kappa shape index (κ1) is 13.0. The van der Waals surface area contributed by atoms with Gasteiger partial charge in [-0.25, -0.2) is 4.98 Å². The van der Waals surface area contributed by atoms with Gasteiger partial charge in [0.05, 0.1) is 0 Å². The molecule has 2 aromatic heterocycles. The molecule has 0 saturated heterocycles. The molecule has 4 rings (SSSR count). The average molecular weight is 288 g/mol. The van der Waals surface area contributed by atoms with Crippen LogP contribution >= 0.6 is 0 Å². The van der Waals surface area contributed by atoms with Gasteiger partial charge in [0.2, 0.25) is 5.88 Å². The van der Waals surface area contributed by atoms with Crippen LogP contribution in [-0.4, -0.2) is 9.97 Å². The first-order valence-corrected chi connectivity index (χ1v) is 7.46. The van der Waals surface area contributed by atoms with E-state index in [0.717, 1.165) is 23.6 Å². The zero-order valence-corrected chi connectivity index (χ0v) is 12.4. The van der Waals surface area contributed by atoms with Gasteiger partial charge in [0.1, 0.15) is 5.75 Å². The standard InChI is InChI=1S/C19H16N2O/c1-13(14-6-9-20-10-7-14)15-4-5-18-17(11-15)12-16-3-2-8-21-19(16)22-18/h2-11,13H,12H2,1H3. The van der Waals surface area contributed by atoms with E-state index < -0.39 is 0 Å². The quantitative estimate of drug-likeness (QED) is 0.551. The Bertz CT molecular complexity index is 815. The number of nitrogens with zero attached hydrogens (tertiary/aromatic N) is 2. The second-order valence-electron chi connectivity index (χ2n) is 5.62. The van der Waals surface area contributed by atoms with E-state index in [1.807, 2.05) is 18.5 Å². The van der Waals surface area contributed by atoms with E-state index in [2.05, 4.69) is 53.3 Å². The van der Waals surface area contributed by atoms with Crippen molar-refractivity contribution in [2.45, 2.75) is 19.3 Å². The lowest BCUT2D eigenvalue weighted by Crippen LogP contribution is -2.06. The lowest BCUT2D eigenvalue weighted by molar-refractivity contribution is 0.440. The lowest BCUT2D eigenvalue weighted by atomic mass is 9.91. The first-order chi connectivity index (χ1) is 10.8. The van der Waals surface area contributed by atoms with Crippen molar-refractivity contribution in [3.05, 3.63) is 83.3 Å². The summed E-state index contributed by atoms with van der Waals surface area (Å²) in [6.45, 7) is 2.22. The maximum absolute atomic E-state index is 5.90. The minimum absolute atomic E-state index is 0.337. The summed E-state index contributed by atoms with van der Waals surface area (Å²) in [6.07, 6.45) is 6.32. The zero-order valence-electron chi connectivity index (χ0n) is 12.4. The van der Waals surface area contributed by atoms with Crippen LogP contribution in [0, 0.1) is 0 Å². The van der Waals surface area contributed by atoms with Gasteiger partial charge in [0.25, 0.3) is 0 Å². The Hall–Kier alpha value is -2.68. The van der Waals surface area contributed by atoms with Crippen LogP contribution in [0.4, 0.5) is 0 Å². The van der Waals surface area contributed by atoms with E-state index in [9.17, 15) is 0 Å². The average Bonchev–Trinajstić information content (AvgIpc) is 2.59. The summed E-state index contributed by atoms with van der Waals surface area (Å²) >= 11 is 0. The van der Waals surface area contributed by atoms with Gasteiger partial charge in [-0.15, -0.1) is 0 Å². The minimum Gasteiger partial charge on any atom is -0.438 e. The summed E-state index contributed by atoms with van der Waals surface area (Å²) < 4.78 is 5.90. The van der Waals surface area contributed by atoms with E-state index in [1.165, 1.54) is 16.7 Å². The summed E-state index contributed by atoms with van der Waals surface area (Å²) in [5, 5.41) is 0. The van der Waals surface area contributed by atoms with E-state index in [-0.39, 0.29) is 0 Å². The molecule has 3 heterocycles. The topological polar surface area (TPSA) is 35.0 Å². The third-order valence-electron chi connectivity index (χ3n) is 4.23. The Morgan fingerprint density at radius 2 is 1.82 bits per heavy atom. The largest absolute Gasteiger partial charge is 0.438 e. The van der Waals surface area contributed by atoms with Crippen molar-refractivity contribution in [1.82, 2.24) is 9.97 Å². The van der Waals surface area contributed by atoms with Crippen molar-refractivity contribution < 1.29 is 4.74 Å². The molecule has 0 bridgehead atoms. The van der Waals surface area contributed by atoms with Gasteiger partial charge in [-0.05, 0) is 41.0 Å². The molecule has 1 aliphatic rings. The second-order valence-corrected chi connectivity index (χ2v) is 5.62. The molecule has 1 atom stereocenters.